The maximum atomic E-state index is 17.2. The Morgan fingerprint density at radius 3 is 0.926 bits per heavy atom. The zero-order valence-corrected chi connectivity index (χ0v) is 77.1. The Morgan fingerprint density at radius 1 is 0.378 bits per heavy atom. The van der Waals surface area contributed by atoms with Crippen molar-refractivity contribution in [3.8, 4) is 71.0 Å². The first-order chi connectivity index (χ1) is 69.6. The maximum absolute atomic E-state index is 17.2. The second kappa shape index (κ2) is 52.0. The van der Waals surface area contributed by atoms with E-state index in [4.69, 9.17) is 43.6 Å². The third-order valence-electron chi connectivity index (χ3n) is 20.6. The molecule has 2 radical (unpaired) electrons. The zero-order valence-electron chi connectivity index (χ0n) is 75.3. The highest BCUT2D eigenvalue weighted by molar-refractivity contribution is 7.48. The van der Waals surface area contributed by atoms with Gasteiger partial charge in [0.1, 0.15) is 108 Å². The molecule has 6 aromatic heterocycles. The van der Waals surface area contributed by atoms with Gasteiger partial charge in [-0.05, 0) is 230 Å². The van der Waals surface area contributed by atoms with E-state index in [1.54, 1.807) is 133 Å². The van der Waals surface area contributed by atoms with Gasteiger partial charge >= 0.3 is 33.4 Å². The number of aromatic nitrogens is 15. The molecule has 9 aromatic carbocycles. The lowest BCUT2D eigenvalue weighted by atomic mass is 9.84. The highest BCUT2D eigenvalue weighted by Gasteiger charge is 2.65. The molecule has 0 spiro atoms. The Morgan fingerprint density at radius 2 is 0.655 bits per heavy atom. The highest BCUT2D eigenvalue weighted by Crippen LogP contribution is 2.62. The maximum Gasteiger partial charge on any atom is 0.476 e. The van der Waals surface area contributed by atoms with E-state index < -0.39 is 152 Å². The van der Waals surface area contributed by atoms with Gasteiger partial charge in [0.25, 0.3) is 0 Å². The third-order valence-corrected chi connectivity index (χ3v) is 22.6. The number of rotatable bonds is 34. The number of ether oxygens (including phenoxy) is 3. The smallest absolute Gasteiger partial charge is 0.476 e. The molecule has 45 heteroatoms. The molecule has 0 saturated carbocycles. The molecule has 0 bridgehead atoms. The molecule has 0 aliphatic carbocycles. The lowest BCUT2D eigenvalue weighted by Gasteiger charge is -2.41. The summed E-state index contributed by atoms with van der Waals surface area (Å²) >= 11 is 0. The monoisotopic (exact) mass is 2070 g/mol. The number of hydrogen-bond acceptors (Lipinski definition) is 25. The van der Waals surface area contributed by atoms with Crippen molar-refractivity contribution in [2.45, 2.75) is 103 Å². The van der Waals surface area contributed by atoms with Gasteiger partial charge in [-0.25, -0.2) is 49.5 Å². The van der Waals surface area contributed by atoms with Gasteiger partial charge in [-0.15, -0.1) is 28.5 Å². The number of tetrazole rings is 3. The van der Waals surface area contributed by atoms with Crippen LogP contribution >= 0.6 is 15.6 Å². The van der Waals surface area contributed by atoms with E-state index >= 15 is 35.1 Å². The molecule has 0 saturated heterocycles. The van der Waals surface area contributed by atoms with Gasteiger partial charge in [-0.1, -0.05) is 113 Å². The van der Waals surface area contributed by atoms with Crippen molar-refractivity contribution >= 4 is 23.5 Å². The van der Waals surface area contributed by atoms with Gasteiger partial charge < -0.3 is 29.1 Å². The van der Waals surface area contributed by atoms with Crippen LogP contribution in [-0.4, -0.2) is 112 Å². The molecule has 3 N–H and O–H groups in total. The topological polar surface area (TPSA) is 400 Å². The second-order valence-electron chi connectivity index (χ2n) is 30.3. The average Bonchev–Trinajstić information content (AvgIpc) is 0.905. The van der Waals surface area contributed by atoms with Crippen molar-refractivity contribution < 1.29 is 109 Å². The minimum absolute atomic E-state index is 0. The predicted octanol–water partition coefficient (Wildman–Crippen LogP) is 19.4. The molecule has 0 aliphatic rings. The SMILES string of the molecule is C.C.C.C=CCOP(=O)(OCC=C)OC(Cn1cnnn1)(c1ccc(F)cc1F)C(F)(F)c1ccc(C#Cc2ccc(OCc3ccc(C#N)cc3)cc2)cn1.N#Cc1ccc(COc2ccc(C#Cc3ccc(C(F)(F)C(Cn4cnnn4)(OP(=O)(O)O)c4ccc(F)cc4F)nc3)cc2)cc1.N#Cc1ccc(COc2ccc(C#Cc3ccc(C(F)(F)C(O)(Cn4cnnn4)c4ccc(F)cc4F)nc3)cc2)cc1.[B]C. The fraction of sp³-hybridized carbons (Fsp3) is 0.175. The second-order valence-corrected chi connectivity index (χ2v) is 33.1. The Hall–Kier alpha value is -16.9. The largest absolute Gasteiger partial charge is 0.489 e. The van der Waals surface area contributed by atoms with E-state index in [9.17, 15) is 41.6 Å². The summed E-state index contributed by atoms with van der Waals surface area (Å²) in [7, 11) is -6.32. The highest BCUT2D eigenvalue weighted by atomic mass is 31.2. The van der Waals surface area contributed by atoms with E-state index in [1.165, 1.54) is 25.0 Å². The number of benzene rings is 9. The fourth-order valence-electron chi connectivity index (χ4n) is 13.5. The van der Waals surface area contributed by atoms with Crippen LogP contribution in [-0.2, 0) is 101 Å². The van der Waals surface area contributed by atoms with Crippen LogP contribution in [0.15, 0.2) is 299 Å². The van der Waals surface area contributed by atoms with Crippen molar-refractivity contribution in [3.05, 3.63) is 435 Å². The molecule has 15 aromatic rings. The zero-order chi connectivity index (χ0) is 104. The Labute approximate surface area is 841 Å². The van der Waals surface area contributed by atoms with Crippen LogP contribution < -0.4 is 14.2 Å². The predicted molar refractivity (Wildman–Crippen MR) is 514 cm³/mol. The first-order valence-corrected chi connectivity index (χ1v) is 45.2. The Kier molecular flexibility index (Phi) is 40.3. The van der Waals surface area contributed by atoms with Crippen LogP contribution in [0.25, 0.3) is 0 Å². The summed E-state index contributed by atoms with van der Waals surface area (Å²) in [4.78, 5) is 30.9. The van der Waals surface area contributed by atoms with Crippen molar-refractivity contribution in [1.82, 2.24) is 75.6 Å². The summed E-state index contributed by atoms with van der Waals surface area (Å²) in [5.74, 6) is -1.75. The standard InChI is InChI=1S/C37H29F4N6O5P.C31H21F4N6O5P.C31H20F4N6O2.CH3B.3CH4/c1-3-19-50-53(48,51-20-4-2)52-36(25-47-26-44-45-46-47,33-17-14-31(38)21-34(33)39)37(40,41)35-18-13-29(23-43-35)8-5-27-11-15-32(16-12-27)49-24-30-9-6-28(22-42)7-10-30;32-25-10-13-27(28(33)15-25)30(46-47(42,43)44,19-41-20-38-39-40-41)31(34,35)29-14-9-23(17-37-29)4-1-21-7-11-26(12-8-21)45-18-24-5-2-22(16-36)3-6-24;32-25-10-13-27(28(33)15-25)30(42,19-41-20-38-39-40-41)31(34,35)29-14-9-23(17-37-29)4-1-21-7-11-26(12-8-21)43-18-24-5-2-22(16-36)3-6-24;1-2;;;/h3-4,6-7,9-18,21,23,26H,1-2,19-20,24-25H2;2-3,5-15,17,20H,18-19H2,(H2,42,43,44);2-3,5-15,17,20,42H,18-19H2;1H3;3*1H4. The van der Waals surface area contributed by atoms with E-state index in [0.717, 1.165) is 118 Å². The van der Waals surface area contributed by atoms with Crippen LogP contribution in [0.1, 0.15) is 123 Å². The van der Waals surface area contributed by atoms with E-state index in [-0.39, 0.29) is 52.7 Å². The molecule has 3 unspecified atom stereocenters. The molecule has 0 fully saturated rings. The molecule has 6 heterocycles. The molecule has 0 aliphatic heterocycles. The number of halogens is 12. The van der Waals surface area contributed by atoms with Gasteiger partial charge in [-0.2, -0.15) is 42.1 Å². The van der Waals surface area contributed by atoms with E-state index in [2.05, 4.69) is 135 Å². The number of nitrogens with zero attached hydrogens (tertiary/aromatic N) is 18. The van der Waals surface area contributed by atoms with Crippen molar-refractivity contribution in [1.29, 1.82) is 15.8 Å². The normalized spacial score (nSPS) is 12.2. The number of alkyl halides is 6. The van der Waals surface area contributed by atoms with E-state index in [1.807, 2.05) is 18.2 Å². The summed E-state index contributed by atoms with van der Waals surface area (Å²) in [5, 5.41) is 68.8. The lowest BCUT2D eigenvalue weighted by Crippen LogP contribution is -2.49. The van der Waals surface area contributed by atoms with E-state index in [0.29, 0.717) is 91.7 Å². The summed E-state index contributed by atoms with van der Waals surface area (Å²) in [5.41, 5.74) is -9.05. The summed E-state index contributed by atoms with van der Waals surface area (Å²) < 4.78 is 252. The third kappa shape index (κ3) is 29.2. The van der Waals surface area contributed by atoms with Crippen molar-refractivity contribution in [2.75, 3.05) is 13.2 Å². The molecular formula is C103H85BF12N18O12P2. The Balaban J connectivity index is 0.000000243. The first-order valence-electron chi connectivity index (χ1n) is 42.2. The lowest BCUT2D eigenvalue weighted by molar-refractivity contribution is -0.207. The molecule has 0 amide bonds. The summed E-state index contributed by atoms with van der Waals surface area (Å²) in [6, 6.07) is 59.3. The van der Waals surface area contributed by atoms with Crippen LogP contribution in [0, 0.1) is 104 Å². The van der Waals surface area contributed by atoms with Crippen molar-refractivity contribution in [3.63, 3.8) is 0 Å². The van der Waals surface area contributed by atoms with Gasteiger partial charge in [0.2, 0.25) is 0 Å². The summed E-state index contributed by atoms with van der Waals surface area (Å²) in [6.07, 6.45) is 8.24. The quantitative estimate of drug-likeness (QED) is 0.0111. The van der Waals surface area contributed by atoms with Crippen LogP contribution in [0.2, 0.25) is 6.82 Å². The number of phosphoric ester groups is 2. The van der Waals surface area contributed by atoms with Gasteiger partial charge in [0.15, 0.2) is 16.8 Å². The Bertz CT molecular complexity index is 7400. The van der Waals surface area contributed by atoms with Gasteiger partial charge in [0.05, 0.1) is 75.6 Å². The van der Waals surface area contributed by atoms with Gasteiger partial charge in [-0.3, -0.25) is 33.0 Å². The minimum Gasteiger partial charge on any atom is -0.489 e. The molecule has 148 heavy (non-hydrogen) atoms. The molecule has 30 nitrogen and oxygen atoms in total. The number of pyridine rings is 3. The average molecular weight is 2070 g/mol. The van der Waals surface area contributed by atoms with Crippen molar-refractivity contribution in [2.24, 2.45) is 0 Å². The summed E-state index contributed by atoms with van der Waals surface area (Å²) in [6.45, 7) is 5.10. The minimum atomic E-state index is -5.79. The molecule has 15 rings (SSSR count). The van der Waals surface area contributed by atoms with Gasteiger partial charge in [0, 0.05) is 86.9 Å². The number of nitriles is 3. The number of phosphoric acid groups is 2. The first kappa shape index (κ1) is 115. The molecular weight excluding hydrogens is 1980 g/mol. The fourth-order valence-corrected chi connectivity index (χ4v) is 15.5. The van der Waals surface area contributed by atoms with Crippen LogP contribution in [0.5, 0.6) is 17.2 Å². The van der Waals surface area contributed by atoms with Crippen LogP contribution in [0.4, 0.5) is 52.7 Å². The molecule has 756 valence electrons. The number of aliphatic hydroxyl groups is 1. The van der Waals surface area contributed by atoms with Crippen LogP contribution in [0.3, 0.4) is 0 Å². The molecule has 3 atom stereocenters. The number of hydrogen-bond donors (Lipinski definition) is 3.